The van der Waals surface area contributed by atoms with Gasteiger partial charge in [0.1, 0.15) is 17.5 Å². The molecule has 0 bridgehead atoms. The van der Waals surface area contributed by atoms with Crippen molar-refractivity contribution >= 4 is 40.9 Å². The van der Waals surface area contributed by atoms with Gasteiger partial charge < -0.3 is 16.4 Å². The molecule has 4 N–H and O–H groups in total. The lowest BCUT2D eigenvalue weighted by Gasteiger charge is -2.08. The first-order valence-corrected chi connectivity index (χ1v) is 9.30. The van der Waals surface area contributed by atoms with Crippen LogP contribution in [0.15, 0.2) is 48.5 Å². The molecule has 3 aromatic rings. The first-order chi connectivity index (χ1) is 13.5. The smallest absolute Gasteiger partial charge is 0.234 e. The number of carbonyl (C=O) groups excluding carboxylic acids is 1. The van der Waals surface area contributed by atoms with Gasteiger partial charge in [0.05, 0.1) is 17.2 Å². The molecule has 0 aliphatic rings. The summed E-state index contributed by atoms with van der Waals surface area (Å²) in [4.78, 5) is 24.3. The van der Waals surface area contributed by atoms with Crippen LogP contribution in [0.5, 0.6) is 0 Å². The first kappa shape index (κ1) is 19.5. The van der Waals surface area contributed by atoms with Crippen LogP contribution < -0.4 is 16.4 Å². The van der Waals surface area contributed by atoms with Crippen molar-refractivity contribution in [3.05, 3.63) is 66.0 Å². The number of benzene rings is 2. The number of aromatic nitrogens is 3. The zero-order chi connectivity index (χ0) is 19.9. The quantitative estimate of drug-likeness (QED) is 0.556. The van der Waals surface area contributed by atoms with Crippen molar-refractivity contribution in [2.24, 2.45) is 0 Å². The van der Waals surface area contributed by atoms with E-state index in [9.17, 15) is 13.6 Å². The van der Waals surface area contributed by atoms with Crippen molar-refractivity contribution in [2.75, 3.05) is 22.1 Å². The zero-order valence-corrected chi connectivity index (χ0v) is 15.3. The Balaban J connectivity index is 1.54. The zero-order valence-electron chi connectivity index (χ0n) is 14.5. The van der Waals surface area contributed by atoms with Crippen molar-refractivity contribution in [2.45, 2.75) is 5.75 Å². The number of nitrogens with two attached hydrogens (primary N) is 1. The largest absolute Gasteiger partial charge is 0.368 e. The molecule has 144 valence electrons. The molecular weight excluding hydrogens is 386 g/mol. The third-order valence-electron chi connectivity index (χ3n) is 3.40. The predicted molar refractivity (Wildman–Crippen MR) is 105 cm³/mol. The number of nitrogens with zero attached hydrogens (tertiary/aromatic N) is 3. The summed E-state index contributed by atoms with van der Waals surface area (Å²) in [5.74, 6) is -0.886. The minimum absolute atomic E-state index is 0.0316. The van der Waals surface area contributed by atoms with Gasteiger partial charge in [-0.15, -0.1) is 11.8 Å². The number of anilines is 4. The fourth-order valence-electron chi connectivity index (χ4n) is 2.22. The predicted octanol–water partition coefficient (Wildman–Crippen LogP) is 3.35. The Hall–Kier alpha value is -3.27. The topological polar surface area (TPSA) is 106 Å². The molecule has 0 unspecified atom stereocenters. The molecule has 0 atom stereocenters. The van der Waals surface area contributed by atoms with Gasteiger partial charge in [-0.25, -0.2) is 8.78 Å². The fourth-order valence-corrected chi connectivity index (χ4v) is 2.89. The fraction of sp³-hybridized carbons (Fsp3) is 0.111. The Kier molecular flexibility index (Phi) is 6.33. The lowest BCUT2D eigenvalue weighted by molar-refractivity contribution is -0.113. The maximum atomic E-state index is 13.6. The van der Waals surface area contributed by atoms with Crippen LogP contribution in [0.25, 0.3) is 0 Å². The minimum atomic E-state index is -0.833. The molecule has 3 rings (SSSR count). The second kappa shape index (κ2) is 9.09. The van der Waals surface area contributed by atoms with E-state index in [1.165, 1.54) is 17.8 Å². The van der Waals surface area contributed by atoms with E-state index in [4.69, 9.17) is 5.73 Å². The highest BCUT2D eigenvalue weighted by molar-refractivity contribution is 7.99. The number of amides is 1. The summed E-state index contributed by atoms with van der Waals surface area (Å²) < 4.78 is 26.4. The van der Waals surface area contributed by atoms with Gasteiger partial charge in [0, 0.05) is 11.8 Å². The molecule has 28 heavy (non-hydrogen) atoms. The first-order valence-electron chi connectivity index (χ1n) is 8.15. The van der Waals surface area contributed by atoms with Crippen LogP contribution >= 0.6 is 11.8 Å². The number of para-hydroxylation sites is 1. The minimum Gasteiger partial charge on any atom is -0.368 e. The Morgan fingerprint density at radius 1 is 1.07 bits per heavy atom. The highest BCUT2D eigenvalue weighted by atomic mass is 32.2. The lowest BCUT2D eigenvalue weighted by Crippen LogP contribution is -2.15. The number of carbonyl (C=O) groups is 1. The van der Waals surface area contributed by atoms with E-state index < -0.39 is 17.5 Å². The maximum Gasteiger partial charge on any atom is 0.234 e. The van der Waals surface area contributed by atoms with Crippen molar-refractivity contribution in [3.8, 4) is 0 Å². The molecule has 10 heteroatoms. The summed E-state index contributed by atoms with van der Waals surface area (Å²) >= 11 is 1.22. The van der Waals surface area contributed by atoms with Gasteiger partial charge >= 0.3 is 0 Å². The highest BCUT2D eigenvalue weighted by Crippen LogP contribution is 2.17. The second-order valence-corrected chi connectivity index (χ2v) is 6.58. The van der Waals surface area contributed by atoms with E-state index in [1.807, 2.05) is 30.3 Å². The highest BCUT2D eigenvalue weighted by Gasteiger charge is 2.10. The van der Waals surface area contributed by atoms with Crippen LogP contribution in [-0.2, 0) is 10.5 Å². The van der Waals surface area contributed by atoms with Crippen molar-refractivity contribution in [1.29, 1.82) is 0 Å². The molecule has 0 aliphatic heterocycles. The van der Waals surface area contributed by atoms with E-state index in [0.717, 1.165) is 11.8 Å². The van der Waals surface area contributed by atoms with Crippen LogP contribution in [0.4, 0.5) is 32.1 Å². The number of halogens is 2. The molecule has 0 aliphatic carbocycles. The number of hydrogen-bond acceptors (Lipinski definition) is 7. The number of nitrogens with one attached hydrogen (secondary N) is 2. The summed E-state index contributed by atoms with van der Waals surface area (Å²) in [5, 5.41) is 5.41. The lowest BCUT2D eigenvalue weighted by atomic mass is 10.3. The van der Waals surface area contributed by atoms with Gasteiger partial charge in [0.2, 0.25) is 17.8 Å². The third kappa shape index (κ3) is 5.61. The normalized spacial score (nSPS) is 10.5. The van der Waals surface area contributed by atoms with E-state index in [-0.39, 0.29) is 17.4 Å². The molecular formula is C18H16F2N6OS. The molecule has 1 heterocycles. The van der Waals surface area contributed by atoms with Gasteiger partial charge in [0.25, 0.3) is 0 Å². The average Bonchev–Trinajstić information content (AvgIpc) is 2.64. The Morgan fingerprint density at radius 3 is 2.61 bits per heavy atom. The molecule has 1 aromatic heterocycles. The number of hydrogen-bond donors (Lipinski definition) is 3. The molecule has 0 saturated heterocycles. The molecule has 0 saturated carbocycles. The summed E-state index contributed by atoms with van der Waals surface area (Å²) in [7, 11) is 0. The van der Waals surface area contributed by atoms with Gasteiger partial charge in [-0.05, 0) is 24.3 Å². The van der Waals surface area contributed by atoms with E-state index in [1.54, 1.807) is 0 Å². The third-order valence-corrected chi connectivity index (χ3v) is 4.33. The van der Waals surface area contributed by atoms with Crippen molar-refractivity contribution in [3.63, 3.8) is 0 Å². The number of rotatable bonds is 7. The Labute approximate surface area is 163 Å². The molecule has 0 radical (unpaired) electrons. The Bertz CT molecular complexity index is 974. The van der Waals surface area contributed by atoms with Gasteiger partial charge in [-0.3, -0.25) is 4.79 Å². The maximum absolute atomic E-state index is 13.6. The van der Waals surface area contributed by atoms with E-state index >= 15 is 0 Å². The van der Waals surface area contributed by atoms with Crippen LogP contribution in [-0.4, -0.2) is 26.6 Å². The van der Waals surface area contributed by atoms with Crippen molar-refractivity contribution in [1.82, 2.24) is 15.0 Å². The Morgan fingerprint density at radius 2 is 1.86 bits per heavy atom. The molecule has 0 fully saturated rings. The number of nitrogen functional groups attached to an aromatic ring is 1. The number of thioether (sulfide) groups is 1. The molecule has 0 spiro atoms. The van der Waals surface area contributed by atoms with Gasteiger partial charge in [-0.2, -0.15) is 15.0 Å². The van der Waals surface area contributed by atoms with E-state index in [0.29, 0.717) is 23.6 Å². The van der Waals surface area contributed by atoms with Crippen LogP contribution in [0.3, 0.4) is 0 Å². The molecule has 1 amide bonds. The van der Waals surface area contributed by atoms with Gasteiger partial charge in [-0.1, -0.05) is 18.2 Å². The van der Waals surface area contributed by atoms with Crippen LogP contribution in [0, 0.1) is 11.6 Å². The summed E-state index contributed by atoms with van der Waals surface area (Å²) in [6.07, 6.45) is 0. The summed E-state index contributed by atoms with van der Waals surface area (Å²) in [6.45, 7) is 0. The van der Waals surface area contributed by atoms with Crippen LogP contribution in [0.2, 0.25) is 0 Å². The standard InChI is InChI=1S/C18H16F2N6OS/c19-11-6-7-14(13(20)8-11)23-16(27)10-28-9-15-24-17(21)26-18(25-15)22-12-4-2-1-3-5-12/h1-8H,9-10H2,(H,23,27)(H3,21,22,24,25,26). The second-order valence-electron chi connectivity index (χ2n) is 5.59. The average molecular weight is 402 g/mol. The van der Waals surface area contributed by atoms with Gasteiger partial charge in [0.15, 0.2) is 0 Å². The van der Waals surface area contributed by atoms with Crippen molar-refractivity contribution < 1.29 is 13.6 Å². The molecule has 7 nitrogen and oxygen atoms in total. The molecule has 2 aromatic carbocycles. The summed E-state index contributed by atoms with van der Waals surface area (Å²) in [5.41, 5.74) is 6.43. The monoisotopic (exact) mass is 402 g/mol. The SMILES string of the molecule is Nc1nc(CSCC(=O)Nc2ccc(F)cc2F)nc(Nc2ccccc2)n1. The summed E-state index contributed by atoms with van der Waals surface area (Å²) in [6, 6.07) is 12.3. The van der Waals surface area contributed by atoms with Crippen LogP contribution in [0.1, 0.15) is 5.82 Å². The van der Waals surface area contributed by atoms with E-state index in [2.05, 4.69) is 25.6 Å².